The molecule has 1 unspecified atom stereocenters. The fourth-order valence-electron chi connectivity index (χ4n) is 1.77. The molecule has 1 rings (SSSR count). The smallest absolute Gasteiger partial charge is 0.338 e. The van der Waals surface area contributed by atoms with Crippen LogP contribution in [0.5, 0.6) is 5.75 Å². The van der Waals surface area contributed by atoms with Gasteiger partial charge in [0.05, 0.1) is 12.7 Å². The second-order valence-electron chi connectivity index (χ2n) is 4.85. The summed E-state index contributed by atoms with van der Waals surface area (Å²) in [6.07, 6.45) is -0.982. The first-order valence-corrected chi connectivity index (χ1v) is 8.16. The molecular weight excluding hydrogens is 324 g/mol. The second kappa shape index (κ2) is 7.42. The first-order valence-electron chi connectivity index (χ1n) is 6.67. The predicted octanol–water partition coefficient (Wildman–Crippen LogP) is 0.237. The van der Waals surface area contributed by atoms with Crippen LogP contribution < -0.4 is 9.46 Å². The van der Waals surface area contributed by atoms with Gasteiger partial charge in [-0.1, -0.05) is 0 Å². The number of amides is 1. The lowest BCUT2D eigenvalue weighted by atomic mass is 10.2. The summed E-state index contributed by atoms with van der Waals surface area (Å²) in [7, 11) is 1.83. The number of sulfonamides is 1. The second-order valence-corrected chi connectivity index (χ2v) is 6.71. The minimum Gasteiger partial charge on any atom is -0.495 e. The van der Waals surface area contributed by atoms with Gasteiger partial charge in [-0.15, -0.1) is 0 Å². The molecule has 0 saturated carbocycles. The summed E-state index contributed by atoms with van der Waals surface area (Å²) in [6, 6.07) is 3.85. The highest BCUT2D eigenvalue weighted by Gasteiger charge is 2.23. The van der Waals surface area contributed by atoms with E-state index in [1.165, 1.54) is 52.2 Å². The normalized spacial score (nSPS) is 12.4. The molecule has 1 atom stereocenters. The van der Waals surface area contributed by atoms with Crippen LogP contribution in [-0.2, 0) is 19.6 Å². The zero-order valence-electron chi connectivity index (χ0n) is 13.6. The van der Waals surface area contributed by atoms with E-state index in [2.05, 4.69) is 4.72 Å². The lowest BCUT2D eigenvalue weighted by molar-refractivity contribution is -0.137. The molecule has 1 aromatic carbocycles. The van der Waals surface area contributed by atoms with E-state index in [1.54, 1.807) is 0 Å². The van der Waals surface area contributed by atoms with Gasteiger partial charge in [0, 0.05) is 14.1 Å². The van der Waals surface area contributed by atoms with Crippen molar-refractivity contribution >= 4 is 21.9 Å². The molecule has 0 aliphatic carbocycles. The molecule has 23 heavy (non-hydrogen) atoms. The van der Waals surface area contributed by atoms with Gasteiger partial charge in [0.2, 0.25) is 10.0 Å². The molecule has 1 N–H and O–H groups in total. The fourth-order valence-corrected chi connectivity index (χ4v) is 2.68. The zero-order valence-corrected chi connectivity index (χ0v) is 14.4. The summed E-state index contributed by atoms with van der Waals surface area (Å²) >= 11 is 0. The van der Waals surface area contributed by atoms with E-state index in [-0.39, 0.29) is 22.1 Å². The third kappa shape index (κ3) is 4.42. The Balaban J connectivity index is 3.13. The molecule has 1 aromatic rings. The average Bonchev–Trinajstić information content (AvgIpc) is 2.52. The van der Waals surface area contributed by atoms with Crippen molar-refractivity contribution in [2.45, 2.75) is 17.9 Å². The largest absolute Gasteiger partial charge is 0.495 e. The molecule has 0 bridgehead atoms. The van der Waals surface area contributed by atoms with Gasteiger partial charge < -0.3 is 14.4 Å². The highest BCUT2D eigenvalue weighted by molar-refractivity contribution is 7.89. The summed E-state index contributed by atoms with van der Waals surface area (Å²) in [4.78, 5) is 24.9. The summed E-state index contributed by atoms with van der Waals surface area (Å²) in [5.41, 5.74) is -0.00182. The Bertz CT molecular complexity index is 699. The van der Waals surface area contributed by atoms with E-state index in [0.29, 0.717) is 0 Å². The van der Waals surface area contributed by atoms with Crippen LogP contribution in [0.15, 0.2) is 23.1 Å². The molecule has 1 amide bonds. The topological polar surface area (TPSA) is 102 Å². The van der Waals surface area contributed by atoms with Crippen LogP contribution >= 0.6 is 0 Å². The lowest BCUT2D eigenvalue weighted by Crippen LogP contribution is -2.34. The molecular formula is C14H20N2O6S. The van der Waals surface area contributed by atoms with E-state index >= 15 is 0 Å². The minimum absolute atomic E-state index is 0.00182. The van der Waals surface area contributed by atoms with Crippen LogP contribution in [0.25, 0.3) is 0 Å². The molecule has 0 heterocycles. The zero-order chi connectivity index (χ0) is 17.8. The summed E-state index contributed by atoms with van der Waals surface area (Å²) in [5, 5.41) is 0. The molecule has 0 fully saturated rings. The van der Waals surface area contributed by atoms with Crippen LogP contribution in [0.4, 0.5) is 0 Å². The van der Waals surface area contributed by atoms with Crippen molar-refractivity contribution in [3.05, 3.63) is 23.8 Å². The maximum Gasteiger partial charge on any atom is 0.338 e. The van der Waals surface area contributed by atoms with Crippen LogP contribution in [0.3, 0.4) is 0 Å². The van der Waals surface area contributed by atoms with Crippen molar-refractivity contribution in [1.29, 1.82) is 0 Å². The number of esters is 1. The van der Waals surface area contributed by atoms with Gasteiger partial charge in [0.25, 0.3) is 5.91 Å². The molecule has 9 heteroatoms. The molecule has 0 spiro atoms. The van der Waals surface area contributed by atoms with E-state index < -0.39 is 22.1 Å². The first-order chi connectivity index (χ1) is 10.6. The molecule has 128 valence electrons. The summed E-state index contributed by atoms with van der Waals surface area (Å²) in [5.74, 6) is -1.09. The Morgan fingerprint density at radius 3 is 2.35 bits per heavy atom. The van der Waals surface area contributed by atoms with E-state index in [4.69, 9.17) is 9.47 Å². The van der Waals surface area contributed by atoms with Gasteiger partial charge in [-0.25, -0.2) is 17.9 Å². The number of hydrogen-bond acceptors (Lipinski definition) is 6. The fraction of sp³-hybridized carbons (Fsp3) is 0.429. The first kappa shape index (κ1) is 18.9. The summed E-state index contributed by atoms with van der Waals surface area (Å²) in [6.45, 7) is 1.44. The Morgan fingerprint density at radius 1 is 1.26 bits per heavy atom. The maximum atomic E-state index is 12.1. The van der Waals surface area contributed by atoms with Crippen molar-refractivity contribution in [3.8, 4) is 5.75 Å². The minimum atomic E-state index is -3.81. The van der Waals surface area contributed by atoms with E-state index in [1.807, 2.05) is 0 Å². The highest BCUT2D eigenvalue weighted by Crippen LogP contribution is 2.25. The molecule has 8 nitrogen and oxygen atoms in total. The van der Waals surface area contributed by atoms with Crippen molar-refractivity contribution in [3.63, 3.8) is 0 Å². The van der Waals surface area contributed by atoms with E-state index in [0.717, 1.165) is 6.07 Å². The van der Waals surface area contributed by atoms with Crippen LogP contribution in [-0.4, -0.2) is 59.6 Å². The average molecular weight is 344 g/mol. The number of carbonyl (C=O) groups is 2. The molecule has 0 saturated heterocycles. The van der Waals surface area contributed by atoms with Crippen LogP contribution in [0.2, 0.25) is 0 Å². The molecule has 0 aliphatic heterocycles. The number of rotatable bonds is 6. The van der Waals surface area contributed by atoms with E-state index in [9.17, 15) is 18.0 Å². The third-order valence-corrected chi connectivity index (χ3v) is 4.47. The maximum absolute atomic E-state index is 12.1. The van der Waals surface area contributed by atoms with Gasteiger partial charge >= 0.3 is 5.97 Å². The van der Waals surface area contributed by atoms with Crippen LogP contribution in [0, 0.1) is 0 Å². The van der Waals surface area contributed by atoms with Gasteiger partial charge in [0.15, 0.2) is 6.10 Å². The van der Waals surface area contributed by atoms with Gasteiger partial charge in [-0.2, -0.15) is 0 Å². The lowest BCUT2D eigenvalue weighted by Gasteiger charge is -2.17. The number of likely N-dealkylation sites (N-methyl/N-ethyl adjacent to an activating group) is 1. The van der Waals surface area contributed by atoms with Gasteiger partial charge in [-0.05, 0) is 32.2 Å². The third-order valence-electron chi connectivity index (χ3n) is 3.03. The Kier molecular flexibility index (Phi) is 6.11. The number of nitrogens with zero attached hydrogens (tertiary/aromatic N) is 1. The standard InChI is InChI=1S/C14H20N2O6S/c1-9(13(17)16(3)4)22-14(18)10-6-7-11(21-5)12(8-10)23(19,20)15-2/h6-9,15H,1-5H3. The van der Waals surface area contributed by atoms with Crippen molar-refractivity contribution in [1.82, 2.24) is 9.62 Å². The Hall–Kier alpha value is -2.13. The molecule has 0 radical (unpaired) electrons. The van der Waals surface area contributed by atoms with Gasteiger partial charge in [0.1, 0.15) is 10.6 Å². The number of ether oxygens (including phenoxy) is 2. The van der Waals surface area contributed by atoms with Crippen LogP contribution in [0.1, 0.15) is 17.3 Å². The molecule has 0 aliphatic rings. The number of nitrogens with one attached hydrogen (secondary N) is 1. The quantitative estimate of drug-likeness (QED) is 0.742. The van der Waals surface area contributed by atoms with Gasteiger partial charge in [-0.3, -0.25) is 4.79 Å². The molecule has 0 aromatic heterocycles. The van der Waals surface area contributed by atoms with Crippen molar-refractivity contribution in [2.75, 3.05) is 28.3 Å². The predicted molar refractivity (Wildman–Crippen MR) is 82.8 cm³/mol. The number of carbonyl (C=O) groups excluding carboxylic acids is 2. The number of benzene rings is 1. The monoisotopic (exact) mass is 344 g/mol. The Morgan fingerprint density at radius 2 is 1.87 bits per heavy atom. The van der Waals surface area contributed by atoms with Crippen molar-refractivity contribution in [2.24, 2.45) is 0 Å². The van der Waals surface area contributed by atoms with Crippen molar-refractivity contribution < 1.29 is 27.5 Å². The number of hydrogen-bond donors (Lipinski definition) is 1. The SMILES string of the molecule is CNS(=O)(=O)c1cc(C(=O)OC(C)C(=O)N(C)C)ccc1OC. The highest BCUT2D eigenvalue weighted by atomic mass is 32.2. The number of methoxy groups -OCH3 is 1. The Labute approximate surface area is 135 Å². The summed E-state index contributed by atoms with van der Waals surface area (Å²) < 4.78 is 36.1.